The Morgan fingerprint density at radius 3 is 2.71 bits per heavy atom. The number of halogens is 1. The molecule has 3 heterocycles. The van der Waals surface area contributed by atoms with Crippen LogP contribution in [0.2, 0.25) is 0 Å². The number of guanidine groups is 1. The maximum Gasteiger partial charge on any atom is 0.414 e. The summed E-state index contributed by atoms with van der Waals surface area (Å²) in [7, 11) is -2.03. The van der Waals surface area contributed by atoms with Gasteiger partial charge in [-0.15, -0.1) is 0 Å². The van der Waals surface area contributed by atoms with Crippen LogP contribution in [0.4, 0.5) is 26.2 Å². The van der Waals surface area contributed by atoms with Crippen molar-refractivity contribution in [3.05, 3.63) is 48.3 Å². The lowest BCUT2D eigenvalue weighted by atomic mass is 10.2. The van der Waals surface area contributed by atoms with Gasteiger partial charge in [0.15, 0.2) is 0 Å². The lowest BCUT2D eigenvalue weighted by Gasteiger charge is -2.29. The molecule has 0 aromatic heterocycles. The maximum atomic E-state index is 14.8. The lowest BCUT2D eigenvalue weighted by molar-refractivity contribution is 0.145. The van der Waals surface area contributed by atoms with Crippen molar-refractivity contribution in [2.75, 3.05) is 59.4 Å². The molecule has 2 fully saturated rings. The van der Waals surface area contributed by atoms with Crippen LogP contribution in [-0.4, -0.2) is 71.3 Å². The van der Waals surface area contributed by atoms with Gasteiger partial charge in [-0.1, -0.05) is 12.1 Å². The van der Waals surface area contributed by atoms with Gasteiger partial charge in [0.25, 0.3) is 10.0 Å². The highest BCUT2D eigenvalue weighted by Crippen LogP contribution is 2.30. The molecule has 1 amide bonds. The number of sulfonamides is 1. The number of benzene rings is 2. The number of nitrogens with one attached hydrogen (secondary N) is 1. The van der Waals surface area contributed by atoms with Gasteiger partial charge in [0.1, 0.15) is 16.8 Å². The minimum atomic E-state index is -3.74. The van der Waals surface area contributed by atoms with Gasteiger partial charge in [-0.2, -0.15) is 11.8 Å². The van der Waals surface area contributed by atoms with Crippen molar-refractivity contribution in [2.45, 2.75) is 11.0 Å². The first-order chi connectivity index (χ1) is 16.3. The fourth-order valence-electron chi connectivity index (χ4n) is 4.20. The van der Waals surface area contributed by atoms with Gasteiger partial charge in [-0.05, 0) is 30.3 Å². The summed E-state index contributed by atoms with van der Waals surface area (Å²) in [5.41, 5.74) is 1.46. The molecule has 3 aliphatic rings. The average molecular weight is 506 g/mol. The number of hydrogen-bond donors (Lipinski definition) is 1. The number of rotatable bonds is 4. The summed E-state index contributed by atoms with van der Waals surface area (Å²) in [5, 5.41) is 0. The molecule has 0 spiro atoms. The van der Waals surface area contributed by atoms with Gasteiger partial charge in [-0.25, -0.2) is 27.3 Å². The summed E-state index contributed by atoms with van der Waals surface area (Å²) >= 11 is 1.85. The van der Waals surface area contributed by atoms with E-state index in [4.69, 9.17) is 4.74 Å². The number of amides is 1. The molecule has 2 saturated heterocycles. The molecule has 34 heavy (non-hydrogen) atoms. The molecule has 0 aliphatic carbocycles. The summed E-state index contributed by atoms with van der Waals surface area (Å²) in [6.45, 7) is 1.82. The predicted molar refractivity (Wildman–Crippen MR) is 131 cm³/mol. The third-order valence-electron chi connectivity index (χ3n) is 5.97. The van der Waals surface area contributed by atoms with E-state index in [-0.39, 0.29) is 29.8 Å². The molecular formula is C22H24FN5O4S2. The van der Waals surface area contributed by atoms with E-state index < -0.39 is 22.2 Å². The molecule has 3 aliphatic heterocycles. The number of anilines is 3. The van der Waals surface area contributed by atoms with E-state index in [1.165, 1.54) is 17.0 Å². The number of fused-ring (bicyclic) bond motifs is 1. The smallest absolute Gasteiger partial charge is 0.414 e. The summed E-state index contributed by atoms with van der Waals surface area (Å²) in [4.78, 5) is 22.0. The van der Waals surface area contributed by atoms with Crippen LogP contribution in [0.25, 0.3) is 0 Å². The number of cyclic esters (lactones) is 1. The van der Waals surface area contributed by atoms with E-state index in [2.05, 4.69) is 9.71 Å². The van der Waals surface area contributed by atoms with Gasteiger partial charge in [0.05, 0.1) is 30.2 Å². The van der Waals surface area contributed by atoms with Crippen LogP contribution in [0.1, 0.15) is 0 Å². The Morgan fingerprint density at radius 2 is 1.94 bits per heavy atom. The second kappa shape index (κ2) is 8.99. The third kappa shape index (κ3) is 4.27. The molecule has 180 valence electrons. The van der Waals surface area contributed by atoms with Crippen molar-refractivity contribution in [3.8, 4) is 0 Å². The Labute approximate surface area is 201 Å². The van der Waals surface area contributed by atoms with E-state index >= 15 is 0 Å². The second-order valence-electron chi connectivity index (χ2n) is 8.15. The summed E-state index contributed by atoms with van der Waals surface area (Å²) in [6.07, 6.45) is -1.19. The van der Waals surface area contributed by atoms with Crippen molar-refractivity contribution in [1.82, 2.24) is 4.72 Å². The maximum absolute atomic E-state index is 14.8. The molecule has 5 rings (SSSR count). The van der Waals surface area contributed by atoms with Crippen LogP contribution in [0.5, 0.6) is 0 Å². The monoisotopic (exact) mass is 505 g/mol. The number of carbonyl (C=O) groups is 1. The number of hydrogen-bond acceptors (Lipinski definition) is 7. The number of aliphatic imine (C=N–C) groups is 1. The Bertz CT molecular complexity index is 1250. The van der Waals surface area contributed by atoms with E-state index in [0.29, 0.717) is 17.1 Å². The van der Waals surface area contributed by atoms with Crippen LogP contribution < -0.4 is 19.4 Å². The van der Waals surface area contributed by atoms with E-state index in [1.807, 2.05) is 16.7 Å². The number of carbonyl (C=O) groups excluding carboxylic acids is 1. The minimum Gasteiger partial charge on any atom is -0.442 e. The number of para-hydroxylation sites is 1. The molecular weight excluding hydrogens is 481 g/mol. The van der Waals surface area contributed by atoms with Crippen molar-refractivity contribution < 1.29 is 22.3 Å². The summed E-state index contributed by atoms with van der Waals surface area (Å²) in [6, 6.07) is 11.4. The zero-order valence-electron chi connectivity index (χ0n) is 18.5. The van der Waals surface area contributed by atoms with Crippen LogP contribution in [0.3, 0.4) is 0 Å². The highest BCUT2D eigenvalue weighted by Gasteiger charge is 2.34. The molecule has 1 atom stereocenters. The number of nitrogens with zero attached hydrogens (tertiary/aromatic N) is 4. The van der Waals surface area contributed by atoms with E-state index in [1.54, 1.807) is 42.3 Å². The van der Waals surface area contributed by atoms with Gasteiger partial charge in [0, 0.05) is 31.6 Å². The second-order valence-corrected chi connectivity index (χ2v) is 11.0. The molecule has 1 N–H and O–H groups in total. The van der Waals surface area contributed by atoms with E-state index in [9.17, 15) is 17.6 Å². The highest BCUT2D eigenvalue weighted by molar-refractivity contribution is 7.99. The Morgan fingerprint density at radius 1 is 1.18 bits per heavy atom. The molecule has 0 unspecified atom stereocenters. The highest BCUT2D eigenvalue weighted by atomic mass is 32.2. The predicted octanol–water partition coefficient (Wildman–Crippen LogP) is 2.49. The number of ether oxygens (including phenoxy) is 1. The molecule has 2 aromatic carbocycles. The zero-order valence-corrected chi connectivity index (χ0v) is 20.1. The molecule has 2 aromatic rings. The quantitative estimate of drug-likeness (QED) is 0.682. The first-order valence-electron chi connectivity index (χ1n) is 10.8. The Kier molecular flexibility index (Phi) is 6.02. The molecule has 0 saturated carbocycles. The zero-order chi connectivity index (χ0) is 23.9. The summed E-state index contributed by atoms with van der Waals surface area (Å²) < 4.78 is 47.8. The lowest BCUT2D eigenvalue weighted by Crippen LogP contribution is -2.47. The van der Waals surface area contributed by atoms with Crippen LogP contribution in [0.15, 0.2) is 52.4 Å². The van der Waals surface area contributed by atoms with E-state index in [0.717, 1.165) is 24.6 Å². The molecule has 9 nitrogen and oxygen atoms in total. The topological polar surface area (TPSA) is 94.5 Å². The third-order valence-corrected chi connectivity index (χ3v) is 8.29. The first-order valence-corrected chi connectivity index (χ1v) is 13.5. The van der Waals surface area contributed by atoms with Crippen LogP contribution in [0, 0.1) is 5.82 Å². The molecule has 12 heteroatoms. The van der Waals surface area contributed by atoms with Gasteiger partial charge >= 0.3 is 6.09 Å². The van der Waals surface area contributed by atoms with Gasteiger partial charge in [0.2, 0.25) is 5.96 Å². The average Bonchev–Trinajstić information content (AvgIpc) is 3.21. The Hall–Kier alpha value is -2.99. The normalized spacial score (nSPS) is 23.0. The van der Waals surface area contributed by atoms with Gasteiger partial charge < -0.3 is 14.5 Å². The van der Waals surface area contributed by atoms with Crippen LogP contribution in [-0.2, 0) is 14.8 Å². The van der Waals surface area contributed by atoms with Crippen molar-refractivity contribution in [3.63, 3.8) is 0 Å². The Balaban J connectivity index is 1.29. The standard InChI is InChI=1S/C22H24FN5O4S2/c1-26-19-4-2-3-5-20(19)34(30,31)25-21(26)24-13-16-14-28(22(29)32-16)15-6-7-18(17(23)12-15)27-8-10-33-11-9-27/h2-7,12,16H,8-11,13-14H2,1H3,(H,24,25)/t16-/m0/s1. The fourth-order valence-corrected chi connectivity index (χ4v) is 6.39. The van der Waals surface area contributed by atoms with Crippen molar-refractivity contribution in [1.29, 1.82) is 0 Å². The van der Waals surface area contributed by atoms with Crippen molar-refractivity contribution >= 4 is 50.9 Å². The summed E-state index contributed by atoms with van der Waals surface area (Å²) in [5.74, 6) is 1.68. The largest absolute Gasteiger partial charge is 0.442 e. The SMILES string of the molecule is CN1C(=NC[C@H]2CN(c3ccc(N4CCSCC4)c(F)c3)C(=O)O2)NS(=O)(=O)c2ccccc21. The minimum absolute atomic E-state index is 0.0542. The number of thioether (sulfide) groups is 1. The van der Waals surface area contributed by atoms with Crippen LogP contribution >= 0.6 is 11.8 Å². The van der Waals surface area contributed by atoms with Crippen molar-refractivity contribution in [2.24, 2.45) is 4.99 Å². The first kappa shape index (κ1) is 22.8. The molecule has 0 bridgehead atoms. The fraction of sp³-hybridized carbons (Fsp3) is 0.364. The molecule has 0 radical (unpaired) electrons. The van der Waals surface area contributed by atoms with Gasteiger partial charge in [-0.3, -0.25) is 4.90 Å².